The second kappa shape index (κ2) is 13.7. The molecule has 0 unspecified atom stereocenters. The van der Waals surface area contributed by atoms with Gasteiger partial charge < -0.3 is 10.1 Å². The summed E-state index contributed by atoms with van der Waals surface area (Å²) in [6.45, 7) is 2.66. The zero-order chi connectivity index (χ0) is 25.9. The first-order valence-electron chi connectivity index (χ1n) is 11.2. The number of aromatic amines is 1. The highest BCUT2D eigenvalue weighted by molar-refractivity contribution is 6.33. The maximum atomic E-state index is 11.2. The molecule has 2 heterocycles. The molecule has 0 saturated heterocycles. The summed E-state index contributed by atoms with van der Waals surface area (Å²) in [4.78, 5) is 30.1. The van der Waals surface area contributed by atoms with Gasteiger partial charge in [0.2, 0.25) is 5.88 Å². The summed E-state index contributed by atoms with van der Waals surface area (Å²) in [7, 11) is 3.93. The molecule has 10 heteroatoms. The van der Waals surface area contributed by atoms with Crippen molar-refractivity contribution in [3.8, 4) is 5.88 Å². The second-order valence-corrected chi connectivity index (χ2v) is 9.07. The molecule has 0 amide bonds. The van der Waals surface area contributed by atoms with Crippen molar-refractivity contribution < 1.29 is 5.11 Å². The molecule has 0 fully saturated rings. The topological polar surface area (TPSA) is 98.2 Å². The fraction of sp³-hybridized carbons (Fsp3) is 0.231. The molecule has 0 saturated carbocycles. The van der Waals surface area contributed by atoms with Gasteiger partial charge in [0, 0.05) is 19.2 Å². The molecule has 0 spiro atoms. The Morgan fingerprint density at radius 2 is 1.25 bits per heavy atom. The lowest BCUT2D eigenvalue weighted by molar-refractivity contribution is 0.307. The number of nitrogens with one attached hydrogen (secondary N) is 1. The Bertz CT molecular complexity index is 1270. The smallest absolute Gasteiger partial charge is 0.254 e. The fourth-order valence-corrected chi connectivity index (χ4v) is 3.93. The van der Waals surface area contributed by atoms with Gasteiger partial charge in [0.1, 0.15) is 22.0 Å². The highest BCUT2D eigenvalue weighted by Crippen LogP contribution is 2.13. The molecule has 8 nitrogen and oxygen atoms in total. The zero-order valence-corrected chi connectivity index (χ0v) is 21.6. The van der Waals surface area contributed by atoms with Gasteiger partial charge in [-0.2, -0.15) is 4.98 Å². The molecule has 0 aliphatic heterocycles. The molecule has 2 aromatic heterocycles. The van der Waals surface area contributed by atoms with E-state index in [1.807, 2.05) is 67.5 Å². The number of halogens is 2. The number of benzene rings is 2. The third-order valence-corrected chi connectivity index (χ3v) is 5.30. The summed E-state index contributed by atoms with van der Waals surface area (Å²) in [5.41, 5.74) is 2.08. The van der Waals surface area contributed by atoms with Crippen LogP contribution in [0.2, 0.25) is 10.3 Å². The van der Waals surface area contributed by atoms with Gasteiger partial charge in [0.25, 0.3) is 5.56 Å². The highest BCUT2D eigenvalue weighted by atomic mass is 35.5. The number of nitrogens with zero attached hydrogens (tertiary/aromatic N) is 5. The average Bonchev–Trinajstić information content (AvgIpc) is 2.79. The number of hydrogen-bond donors (Lipinski definition) is 2. The Balaban J connectivity index is 0.000000201. The van der Waals surface area contributed by atoms with Crippen LogP contribution in [-0.4, -0.2) is 48.9 Å². The van der Waals surface area contributed by atoms with E-state index < -0.39 is 0 Å². The van der Waals surface area contributed by atoms with Gasteiger partial charge in [0.15, 0.2) is 0 Å². The number of aromatic nitrogens is 4. The van der Waals surface area contributed by atoms with Crippen molar-refractivity contribution in [1.29, 1.82) is 0 Å². The summed E-state index contributed by atoms with van der Waals surface area (Å²) in [6.07, 6.45) is 0. The fourth-order valence-electron chi connectivity index (χ4n) is 3.47. The molecule has 2 N–H and O–H groups in total. The van der Waals surface area contributed by atoms with E-state index in [1.165, 1.54) is 17.2 Å². The molecule has 0 radical (unpaired) electrons. The van der Waals surface area contributed by atoms with Crippen LogP contribution in [0.1, 0.15) is 22.8 Å². The molecule has 36 heavy (non-hydrogen) atoms. The first-order chi connectivity index (χ1) is 17.3. The van der Waals surface area contributed by atoms with Gasteiger partial charge >= 0.3 is 0 Å². The van der Waals surface area contributed by atoms with Crippen molar-refractivity contribution in [2.75, 3.05) is 14.1 Å². The van der Waals surface area contributed by atoms with Gasteiger partial charge in [-0.1, -0.05) is 83.9 Å². The van der Waals surface area contributed by atoms with E-state index in [0.29, 0.717) is 35.0 Å². The minimum atomic E-state index is -0.342. The van der Waals surface area contributed by atoms with Crippen LogP contribution >= 0.6 is 23.2 Å². The van der Waals surface area contributed by atoms with Crippen LogP contribution in [0.3, 0.4) is 0 Å². The van der Waals surface area contributed by atoms with Crippen molar-refractivity contribution in [3.63, 3.8) is 0 Å². The average molecular weight is 527 g/mol. The van der Waals surface area contributed by atoms with Gasteiger partial charge in [-0.15, -0.1) is 0 Å². The molecule has 0 atom stereocenters. The standard InChI is InChI=1S/C13H13Cl2N3.C13H15N3O2/c1-18(8-10-5-3-2-4-6-10)9-13-16-11(14)7-12(15)17-13;1-16(8-10-5-3-2-4-6-10)9-11-14-12(17)7-13(18)15-11/h2-7H,8-9H2,1H3;2-7H,8-9H2,1H3,(H2,14,15,17,18). The summed E-state index contributed by atoms with van der Waals surface area (Å²) < 4.78 is 0. The molecule has 4 rings (SSSR count). The van der Waals surface area contributed by atoms with Crippen molar-refractivity contribution in [2.24, 2.45) is 0 Å². The van der Waals surface area contributed by atoms with Crippen LogP contribution in [-0.2, 0) is 26.2 Å². The van der Waals surface area contributed by atoms with E-state index in [-0.39, 0.29) is 11.4 Å². The van der Waals surface area contributed by atoms with Gasteiger partial charge in [-0.25, -0.2) is 9.97 Å². The van der Waals surface area contributed by atoms with Gasteiger partial charge in [0.05, 0.1) is 19.2 Å². The van der Waals surface area contributed by atoms with Gasteiger partial charge in [-0.05, 0) is 25.2 Å². The maximum absolute atomic E-state index is 11.2. The Morgan fingerprint density at radius 1 is 0.750 bits per heavy atom. The van der Waals surface area contributed by atoms with Crippen LogP contribution in [0, 0.1) is 0 Å². The molecule has 4 aromatic rings. The van der Waals surface area contributed by atoms with E-state index in [9.17, 15) is 9.90 Å². The second-order valence-electron chi connectivity index (χ2n) is 8.30. The van der Waals surface area contributed by atoms with E-state index in [0.717, 1.165) is 19.2 Å². The highest BCUT2D eigenvalue weighted by Gasteiger charge is 2.07. The zero-order valence-electron chi connectivity index (χ0n) is 20.1. The summed E-state index contributed by atoms with van der Waals surface area (Å²) in [6, 6.07) is 22.8. The molecule has 0 aliphatic carbocycles. The summed E-state index contributed by atoms with van der Waals surface area (Å²) >= 11 is 11.7. The van der Waals surface area contributed by atoms with Crippen LogP contribution in [0.15, 0.2) is 77.6 Å². The predicted octanol–water partition coefficient (Wildman–Crippen LogP) is 4.52. The first-order valence-corrected chi connectivity index (χ1v) is 12.0. The number of rotatable bonds is 8. The largest absolute Gasteiger partial charge is 0.493 e. The molecular weight excluding hydrogens is 499 g/mol. The molecule has 188 valence electrons. The molecule has 2 aromatic carbocycles. The van der Waals surface area contributed by atoms with E-state index >= 15 is 0 Å². The molecule has 0 bridgehead atoms. The Kier molecular flexibility index (Phi) is 10.4. The number of H-pyrrole nitrogens is 1. The van der Waals surface area contributed by atoms with Gasteiger partial charge in [-0.3, -0.25) is 14.6 Å². The lowest BCUT2D eigenvalue weighted by atomic mass is 10.2. The Hall–Kier alpha value is -3.30. The van der Waals surface area contributed by atoms with E-state index in [2.05, 4.69) is 37.0 Å². The number of aromatic hydroxyl groups is 1. The third-order valence-electron chi connectivity index (χ3n) is 4.91. The molecular formula is C26H28Cl2N6O2. The summed E-state index contributed by atoms with van der Waals surface area (Å²) in [5.74, 6) is 0.839. The third kappa shape index (κ3) is 9.75. The van der Waals surface area contributed by atoms with Crippen molar-refractivity contribution in [3.05, 3.63) is 116 Å². The van der Waals surface area contributed by atoms with Crippen LogP contribution < -0.4 is 5.56 Å². The Labute approximate surface area is 220 Å². The minimum Gasteiger partial charge on any atom is -0.493 e. The summed E-state index contributed by atoms with van der Waals surface area (Å²) in [5, 5.41) is 9.99. The van der Waals surface area contributed by atoms with Crippen LogP contribution in [0.5, 0.6) is 5.88 Å². The Morgan fingerprint density at radius 3 is 1.75 bits per heavy atom. The predicted molar refractivity (Wildman–Crippen MR) is 142 cm³/mol. The first kappa shape index (κ1) is 27.3. The maximum Gasteiger partial charge on any atom is 0.254 e. The number of hydrogen-bond acceptors (Lipinski definition) is 7. The van der Waals surface area contributed by atoms with Crippen LogP contribution in [0.4, 0.5) is 0 Å². The normalized spacial score (nSPS) is 10.8. The quantitative estimate of drug-likeness (QED) is 0.325. The van der Waals surface area contributed by atoms with Crippen molar-refractivity contribution >= 4 is 23.2 Å². The minimum absolute atomic E-state index is 0.248. The van der Waals surface area contributed by atoms with Crippen molar-refractivity contribution in [2.45, 2.75) is 26.2 Å². The lowest BCUT2D eigenvalue weighted by Crippen LogP contribution is -2.21. The van der Waals surface area contributed by atoms with Crippen molar-refractivity contribution in [1.82, 2.24) is 29.7 Å². The SMILES string of the molecule is CN(Cc1ccccc1)Cc1nc(Cl)cc(Cl)n1.CN(Cc1ccccc1)Cc1nc(O)cc(=O)[nH]1. The lowest BCUT2D eigenvalue weighted by Gasteiger charge is -2.15. The van der Waals surface area contributed by atoms with E-state index in [4.69, 9.17) is 23.2 Å². The van der Waals surface area contributed by atoms with Crippen LogP contribution in [0.25, 0.3) is 0 Å². The molecule has 0 aliphatic rings. The van der Waals surface area contributed by atoms with E-state index in [1.54, 1.807) is 0 Å². The monoisotopic (exact) mass is 526 g/mol.